The van der Waals surface area contributed by atoms with Gasteiger partial charge in [-0.2, -0.15) is 0 Å². The molecule has 1 aromatic carbocycles. The molecule has 0 aromatic heterocycles. The van der Waals surface area contributed by atoms with Crippen LogP contribution in [0.3, 0.4) is 0 Å². The maximum absolute atomic E-state index is 13.1. The van der Waals surface area contributed by atoms with E-state index in [9.17, 15) is 9.59 Å². The first-order chi connectivity index (χ1) is 15.0. The number of ether oxygens (including phenoxy) is 4. The largest absolute Gasteiger partial charge is 0.493 e. The van der Waals surface area contributed by atoms with Crippen LogP contribution in [0.15, 0.2) is 28.4 Å². The summed E-state index contributed by atoms with van der Waals surface area (Å²) < 4.78 is 22.0. The zero-order chi connectivity index (χ0) is 22.5. The summed E-state index contributed by atoms with van der Waals surface area (Å²) in [7, 11) is 4.62. The number of benzene rings is 1. The van der Waals surface area contributed by atoms with E-state index in [0.29, 0.717) is 41.5 Å². The third-order valence-corrected chi connectivity index (χ3v) is 5.90. The molecule has 0 N–H and O–H groups in total. The molecule has 7 heteroatoms. The van der Waals surface area contributed by atoms with Gasteiger partial charge in [0.25, 0.3) is 0 Å². The highest BCUT2D eigenvalue weighted by Gasteiger charge is 2.44. The van der Waals surface area contributed by atoms with E-state index in [4.69, 9.17) is 18.9 Å². The molecule has 2 aliphatic rings. The zero-order valence-electron chi connectivity index (χ0n) is 18.9. The number of rotatable bonds is 8. The molecule has 0 saturated heterocycles. The van der Waals surface area contributed by atoms with Crippen molar-refractivity contribution in [2.24, 2.45) is 10.9 Å². The van der Waals surface area contributed by atoms with E-state index in [2.05, 4.69) is 4.99 Å². The maximum atomic E-state index is 13.1. The Morgan fingerprint density at radius 2 is 1.74 bits per heavy atom. The quantitative estimate of drug-likeness (QED) is 0.454. The predicted octanol–water partition coefficient (Wildman–Crippen LogP) is 4.24. The molecular formula is C24H31NO6. The molecule has 1 aromatic rings. The van der Waals surface area contributed by atoms with Crippen molar-refractivity contribution in [1.29, 1.82) is 0 Å². The van der Waals surface area contributed by atoms with Crippen LogP contribution < -0.4 is 14.2 Å². The van der Waals surface area contributed by atoms with Crippen LogP contribution in [0.25, 0.3) is 0 Å². The number of aliphatic imine (C=N–C) groups is 1. The average molecular weight is 430 g/mol. The van der Waals surface area contributed by atoms with E-state index in [0.717, 1.165) is 37.0 Å². The third kappa shape index (κ3) is 4.45. The lowest BCUT2D eigenvalue weighted by Gasteiger charge is -2.36. The second-order valence-electron chi connectivity index (χ2n) is 7.83. The van der Waals surface area contributed by atoms with Crippen molar-refractivity contribution in [3.05, 3.63) is 29.0 Å². The van der Waals surface area contributed by atoms with Crippen molar-refractivity contribution in [3.8, 4) is 17.2 Å². The number of ketones is 1. The number of nitrogens with zero attached hydrogens (tertiary/aromatic N) is 1. The van der Waals surface area contributed by atoms with Crippen LogP contribution >= 0.6 is 0 Å². The molecule has 1 fully saturated rings. The van der Waals surface area contributed by atoms with Crippen molar-refractivity contribution in [2.45, 2.75) is 51.9 Å². The number of Topliss-reactive ketones (excluding diaryl/α,β-unsaturated/α-hetero) is 1. The summed E-state index contributed by atoms with van der Waals surface area (Å²) in [5.41, 5.74) is 2.59. The molecule has 1 aliphatic heterocycles. The van der Waals surface area contributed by atoms with Gasteiger partial charge in [-0.1, -0.05) is 13.3 Å². The number of fused-ring (bicyclic) bond motifs is 1. The van der Waals surface area contributed by atoms with Crippen LogP contribution in [0.4, 0.5) is 0 Å². The molecule has 3 rings (SSSR count). The SMILES string of the molecule is CCCCOC(=O)C1=C(C)N=C2CCCC(=O)[C@@H]2[C@@H]1c1cc(OC)c(OC)c(OC)c1. The number of carbonyl (C=O) groups is 2. The van der Waals surface area contributed by atoms with Gasteiger partial charge >= 0.3 is 5.97 Å². The van der Waals surface area contributed by atoms with E-state index < -0.39 is 17.8 Å². The minimum absolute atomic E-state index is 0.0927. The summed E-state index contributed by atoms with van der Waals surface area (Å²) in [5, 5.41) is 0. The first-order valence-corrected chi connectivity index (χ1v) is 10.7. The number of allylic oxidation sites excluding steroid dienone is 1. The van der Waals surface area contributed by atoms with Crippen molar-refractivity contribution < 1.29 is 28.5 Å². The lowest BCUT2D eigenvalue weighted by molar-refractivity contribution is -0.139. The summed E-state index contributed by atoms with van der Waals surface area (Å²) in [6.07, 6.45) is 3.70. The molecule has 0 spiro atoms. The lowest BCUT2D eigenvalue weighted by Crippen LogP contribution is -2.39. The van der Waals surface area contributed by atoms with E-state index >= 15 is 0 Å². The second-order valence-corrected chi connectivity index (χ2v) is 7.83. The van der Waals surface area contributed by atoms with Crippen LogP contribution in [-0.4, -0.2) is 45.4 Å². The van der Waals surface area contributed by atoms with Crippen molar-refractivity contribution >= 4 is 17.5 Å². The van der Waals surface area contributed by atoms with Gasteiger partial charge in [-0.15, -0.1) is 0 Å². The molecule has 0 radical (unpaired) electrons. The van der Waals surface area contributed by atoms with Gasteiger partial charge in [0.2, 0.25) is 5.75 Å². The Hall–Kier alpha value is -2.83. The van der Waals surface area contributed by atoms with Gasteiger partial charge in [-0.05, 0) is 43.9 Å². The fraction of sp³-hybridized carbons (Fsp3) is 0.542. The second kappa shape index (κ2) is 9.98. The van der Waals surface area contributed by atoms with Crippen molar-refractivity contribution in [3.63, 3.8) is 0 Å². The van der Waals surface area contributed by atoms with Gasteiger partial charge in [-0.25, -0.2) is 4.79 Å². The van der Waals surface area contributed by atoms with Crippen LogP contribution in [0.2, 0.25) is 0 Å². The Morgan fingerprint density at radius 3 is 2.32 bits per heavy atom. The molecule has 7 nitrogen and oxygen atoms in total. The minimum Gasteiger partial charge on any atom is -0.493 e. The Bertz CT molecular complexity index is 892. The molecule has 1 aliphatic carbocycles. The van der Waals surface area contributed by atoms with Gasteiger partial charge in [0.1, 0.15) is 5.78 Å². The van der Waals surface area contributed by atoms with Crippen LogP contribution in [0.1, 0.15) is 57.4 Å². The molecule has 1 heterocycles. The fourth-order valence-electron chi connectivity index (χ4n) is 4.41. The molecule has 168 valence electrons. The summed E-state index contributed by atoms with van der Waals surface area (Å²) in [6.45, 7) is 4.18. The molecule has 0 bridgehead atoms. The Kier molecular flexibility index (Phi) is 7.36. The Labute approximate surface area is 183 Å². The first kappa shape index (κ1) is 22.8. The highest BCUT2D eigenvalue weighted by molar-refractivity contribution is 6.11. The number of carbonyl (C=O) groups excluding carboxylic acids is 2. The number of hydrogen-bond acceptors (Lipinski definition) is 7. The highest BCUT2D eigenvalue weighted by atomic mass is 16.5. The number of methoxy groups -OCH3 is 3. The summed E-state index contributed by atoms with van der Waals surface area (Å²) in [5.74, 6) is 0.0698. The Morgan fingerprint density at radius 1 is 1.06 bits per heavy atom. The van der Waals surface area contributed by atoms with Gasteiger partial charge in [0.05, 0.1) is 39.4 Å². The molecular weight excluding hydrogens is 398 g/mol. The highest BCUT2D eigenvalue weighted by Crippen LogP contribution is 2.47. The predicted molar refractivity (Wildman–Crippen MR) is 117 cm³/mol. The van der Waals surface area contributed by atoms with Crippen LogP contribution in [0, 0.1) is 5.92 Å². The van der Waals surface area contributed by atoms with Gasteiger partial charge in [-0.3, -0.25) is 9.79 Å². The van der Waals surface area contributed by atoms with E-state index in [1.165, 1.54) is 7.11 Å². The molecule has 1 saturated carbocycles. The smallest absolute Gasteiger partial charge is 0.336 e. The van der Waals surface area contributed by atoms with Gasteiger partial charge in [0, 0.05) is 23.7 Å². The van der Waals surface area contributed by atoms with Crippen molar-refractivity contribution in [2.75, 3.05) is 27.9 Å². The molecule has 2 atom stereocenters. The van der Waals surface area contributed by atoms with E-state index in [-0.39, 0.29) is 5.78 Å². The average Bonchev–Trinajstić information content (AvgIpc) is 2.77. The lowest BCUT2D eigenvalue weighted by atomic mass is 9.69. The third-order valence-electron chi connectivity index (χ3n) is 5.90. The van der Waals surface area contributed by atoms with Crippen LogP contribution in [-0.2, 0) is 14.3 Å². The normalized spacial score (nSPS) is 20.7. The summed E-state index contributed by atoms with van der Waals surface area (Å²) in [4.78, 5) is 30.8. The molecule has 0 unspecified atom stereocenters. The van der Waals surface area contributed by atoms with Gasteiger partial charge < -0.3 is 18.9 Å². The van der Waals surface area contributed by atoms with E-state index in [1.54, 1.807) is 14.2 Å². The standard InChI is InChI=1S/C24H31NO6/c1-6-7-11-31-24(27)20-14(2)25-16-9-8-10-17(26)22(16)21(20)15-12-18(28-3)23(30-5)19(13-15)29-4/h12-13,21-22H,6-11H2,1-5H3/t21-,22-/m1/s1. The van der Waals surface area contributed by atoms with E-state index in [1.807, 2.05) is 26.0 Å². The van der Waals surface area contributed by atoms with Crippen molar-refractivity contribution in [1.82, 2.24) is 0 Å². The summed E-state index contributed by atoms with van der Waals surface area (Å²) >= 11 is 0. The number of hydrogen-bond donors (Lipinski definition) is 0. The number of unbranched alkanes of at least 4 members (excludes halogenated alkanes) is 1. The fourth-order valence-corrected chi connectivity index (χ4v) is 4.41. The molecule has 31 heavy (non-hydrogen) atoms. The molecule has 0 amide bonds. The zero-order valence-corrected chi connectivity index (χ0v) is 18.9. The maximum Gasteiger partial charge on any atom is 0.336 e. The summed E-state index contributed by atoms with van der Waals surface area (Å²) in [6, 6.07) is 3.62. The number of esters is 1. The van der Waals surface area contributed by atoms with Gasteiger partial charge in [0.15, 0.2) is 11.5 Å². The minimum atomic E-state index is -0.511. The Balaban J connectivity index is 2.16. The monoisotopic (exact) mass is 429 g/mol. The topological polar surface area (TPSA) is 83.4 Å². The first-order valence-electron chi connectivity index (χ1n) is 10.7. The van der Waals surface area contributed by atoms with Crippen LogP contribution in [0.5, 0.6) is 17.2 Å².